The molecule has 94 valence electrons. The van der Waals surface area contributed by atoms with Crippen LogP contribution in [0.5, 0.6) is 0 Å². The van der Waals surface area contributed by atoms with Gasteiger partial charge in [0, 0.05) is 16.6 Å². The molecule has 0 saturated carbocycles. The first kappa shape index (κ1) is 11.7. The Morgan fingerprint density at radius 3 is 3.11 bits per heavy atom. The molecule has 6 heteroatoms. The molecular weight excluding hydrogens is 262 g/mol. The average molecular weight is 272 g/mol. The van der Waals surface area contributed by atoms with Crippen LogP contribution in [0.2, 0.25) is 5.02 Å². The number of hydrazone groups is 1. The van der Waals surface area contributed by atoms with E-state index in [0.29, 0.717) is 5.02 Å². The van der Waals surface area contributed by atoms with E-state index in [1.54, 1.807) is 24.9 Å². The van der Waals surface area contributed by atoms with Gasteiger partial charge >= 0.3 is 0 Å². The lowest BCUT2D eigenvalue weighted by Crippen LogP contribution is -1.92. The number of benzene rings is 1. The average Bonchev–Trinajstić information content (AvgIpc) is 2.92. The van der Waals surface area contributed by atoms with Gasteiger partial charge in [-0.3, -0.25) is 10.4 Å². The molecule has 0 aliphatic carbocycles. The summed E-state index contributed by atoms with van der Waals surface area (Å²) in [5, 5.41) is 5.78. The fraction of sp³-hybridized carbons (Fsp3) is 0. The van der Waals surface area contributed by atoms with Crippen LogP contribution in [0.15, 0.2) is 48.1 Å². The number of fused-ring (bicyclic) bond motifs is 1. The smallest absolute Gasteiger partial charge is 0.0924 e. The third-order valence-corrected chi connectivity index (χ3v) is 2.85. The van der Waals surface area contributed by atoms with Crippen LogP contribution in [0.25, 0.3) is 10.9 Å². The molecular formula is C13H10ClN5. The van der Waals surface area contributed by atoms with Crippen molar-refractivity contribution in [1.82, 2.24) is 15.0 Å². The van der Waals surface area contributed by atoms with E-state index in [1.165, 1.54) is 0 Å². The van der Waals surface area contributed by atoms with Crippen LogP contribution >= 0.6 is 11.6 Å². The second-order valence-corrected chi connectivity index (χ2v) is 4.33. The van der Waals surface area contributed by atoms with E-state index in [9.17, 15) is 0 Å². The minimum atomic E-state index is 0.665. The van der Waals surface area contributed by atoms with Crippen LogP contribution < -0.4 is 5.43 Å². The van der Waals surface area contributed by atoms with Gasteiger partial charge in [-0.05, 0) is 24.3 Å². The van der Waals surface area contributed by atoms with E-state index < -0.39 is 0 Å². The van der Waals surface area contributed by atoms with Crippen LogP contribution in [0.3, 0.4) is 0 Å². The molecule has 0 aliphatic heterocycles. The van der Waals surface area contributed by atoms with Gasteiger partial charge < -0.3 is 4.98 Å². The molecule has 0 saturated heterocycles. The van der Waals surface area contributed by atoms with Crippen LogP contribution in [0, 0.1) is 0 Å². The van der Waals surface area contributed by atoms with E-state index in [2.05, 4.69) is 25.5 Å². The van der Waals surface area contributed by atoms with E-state index in [-0.39, 0.29) is 0 Å². The van der Waals surface area contributed by atoms with Crippen molar-refractivity contribution in [1.29, 1.82) is 0 Å². The molecule has 1 aromatic carbocycles. The summed E-state index contributed by atoms with van der Waals surface area (Å²) < 4.78 is 0. The summed E-state index contributed by atoms with van der Waals surface area (Å²) in [6.07, 6.45) is 6.67. The second-order valence-electron chi connectivity index (χ2n) is 3.90. The molecule has 0 radical (unpaired) electrons. The first-order chi connectivity index (χ1) is 9.33. The number of aromatic nitrogens is 3. The lowest BCUT2D eigenvalue weighted by Gasteiger charge is -2.04. The third-order valence-electron chi connectivity index (χ3n) is 2.61. The molecule has 0 fully saturated rings. The number of halogens is 1. The molecule has 0 bridgehead atoms. The Bertz CT molecular complexity index is 721. The van der Waals surface area contributed by atoms with Gasteiger partial charge in [-0.25, -0.2) is 4.98 Å². The maximum Gasteiger partial charge on any atom is 0.0924 e. The predicted molar refractivity (Wildman–Crippen MR) is 76.6 cm³/mol. The molecule has 0 spiro atoms. The van der Waals surface area contributed by atoms with Gasteiger partial charge in [0.05, 0.1) is 35.6 Å². The molecule has 0 aliphatic rings. The first-order valence-electron chi connectivity index (χ1n) is 5.65. The molecule has 3 rings (SSSR count). The van der Waals surface area contributed by atoms with Crippen molar-refractivity contribution in [2.45, 2.75) is 0 Å². The Labute approximate surface area is 114 Å². The largest absolute Gasteiger partial charge is 0.344 e. The first-order valence-corrected chi connectivity index (χ1v) is 6.02. The summed E-state index contributed by atoms with van der Waals surface area (Å²) in [6.45, 7) is 0. The van der Waals surface area contributed by atoms with Crippen molar-refractivity contribution in [3.8, 4) is 0 Å². The highest BCUT2D eigenvalue weighted by Gasteiger charge is 2.01. The standard InChI is InChI=1S/C13H10ClN5/c14-9-1-2-11-12(3-4-16-13(11)5-9)19-18-7-10-6-15-8-17-10/h1-8H,(H,15,17)(H,16,19)/b18-7+. The highest BCUT2D eigenvalue weighted by Crippen LogP contribution is 2.24. The molecule has 3 aromatic rings. The Morgan fingerprint density at radius 1 is 1.32 bits per heavy atom. The molecule has 0 amide bonds. The zero-order valence-electron chi connectivity index (χ0n) is 9.84. The van der Waals surface area contributed by atoms with Crippen LogP contribution in [0.4, 0.5) is 5.69 Å². The molecule has 0 unspecified atom stereocenters. The maximum absolute atomic E-state index is 5.94. The fourth-order valence-electron chi connectivity index (χ4n) is 1.73. The van der Waals surface area contributed by atoms with Crippen LogP contribution in [0.1, 0.15) is 5.69 Å². The van der Waals surface area contributed by atoms with Crippen molar-refractivity contribution in [3.63, 3.8) is 0 Å². The van der Waals surface area contributed by atoms with Crippen molar-refractivity contribution in [2.24, 2.45) is 5.10 Å². The van der Waals surface area contributed by atoms with Gasteiger partial charge in [-0.2, -0.15) is 5.10 Å². The Balaban J connectivity index is 1.89. The predicted octanol–water partition coefficient (Wildman–Crippen LogP) is 3.06. The van der Waals surface area contributed by atoms with Gasteiger partial charge in [-0.15, -0.1) is 0 Å². The van der Waals surface area contributed by atoms with Crippen molar-refractivity contribution in [3.05, 3.63) is 53.7 Å². The van der Waals surface area contributed by atoms with Crippen LogP contribution in [-0.2, 0) is 0 Å². The topological polar surface area (TPSA) is 66.0 Å². The second kappa shape index (κ2) is 5.07. The SMILES string of the molecule is Clc1ccc2c(N/N=C/c3cnc[nH]3)ccnc2c1. The van der Waals surface area contributed by atoms with E-state index in [0.717, 1.165) is 22.3 Å². The monoisotopic (exact) mass is 271 g/mol. The summed E-state index contributed by atoms with van der Waals surface area (Å²) in [5.74, 6) is 0. The van der Waals surface area contributed by atoms with E-state index >= 15 is 0 Å². The minimum Gasteiger partial charge on any atom is -0.344 e. The lowest BCUT2D eigenvalue weighted by molar-refractivity contribution is 1.30. The number of hydrogen-bond donors (Lipinski definition) is 2. The molecule has 2 heterocycles. The lowest BCUT2D eigenvalue weighted by atomic mass is 10.2. The van der Waals surface area contributed by atoms with Gasteiger partial charge in [0.25, 0.3) is 0 Å². The molecule has 5 nitrogen and oxygen atoms in total. The number of H-pyrrole nitrogens is 1. The highest BCUT2D eigenvalue weighted by molar-refractivity contribution is 6.31. The normalized spacial score (nSPS) is 11.2. The van der Waals surface area contributed by atoms with Crippen molar-refractivity contribution < 1.29 is 0 Å². The minimum absolute atomic E-state index is 0.665. The number of pyridine rings is 1. The molecule has 0 atom stereocenters. The Hall–Kier alpha value is -2.40. The van der Waals surface area contributed by atoms with Gasteiger partial charge in [0.15, 0.2) is 0 Å². The zero-order valence-corrected chi connectivity index (χ0v) is 10.6. The molecule has 2 aromatic heterocycles. The van der Waals surface area contributed by atoms with Gasteiger partial charge in [0.1, 0.15) is 0 Å². The van der Waals surface area contributed by atoms with Crippen molar-refractivity contribution in [2.75, 3.05) is 5.43 Å². The summed E-state index contributed by atoms with van der Waals surface area (Å²) >= 11 is 5.94. The van der Waals surface area contributed by atoms with Crippen LogP contribution in [-0.4, -0.2) is 21.2 Å². The number of nitrogens with one attached hydrogen (secondary N) is 2. The van der Waals surface area contributed by atoms with E-state index in [1.807, 2.05) is 24.3 Å². The van der Waals surface area contributed by atoms with E-state index in [4.69, 9.17) is 11.6 Å². The third kappa shape index (κ3) is 2.56. The zero-order chi connectivity index (χ0) is 13.1. The van der Waals surface area contributed by atoms with Gasteiger partial charge in [-0.1, -0.05) is 11.6 Å². The number of hydrogen-bond acceptors (Lipinski definition) is 4. The molecule has 2 N–H and O–H groups in total. The highest BCUT2D eigenvalue weighted by atomic mass is 35.5. The summed E-state index contributed by atoms with van der Waals surface area (Å²) in [6, 6.07) is 7.43. The fourth-order valence-corrected chi connectivity index (χ4v) is 1.89. The summed E-state index contributed by atoms with van der Waals surface area (Å²) in [7, 11) is 0. The van der Waals surface area contributed by atoms with Crippen molar-refractivity contribution >= 4 is 34.4 Å². The number of imidazole rings is 1. The number of aromatic amines is 1. The summed E-state index contributed by atoms with van der Waals surface area (Å²) in [4.78, 5) is 11.1. The van der Waals surface area contributed by atoms with Gasteiger partial charge in [0.2, 0.25) is 0 Å². The Kier molecular flexibility index (Phi) is 3.12. The number of nitrogens with zero attached hydrogens (tertiary/aromatic N) is 3. The molecule has 19 heavy (non-hydrogen) atoms. The summed E-state index contributed by atoms with van der Waals surface area (Å²) in [5.41, 5.74) is 5.51. The number of anilines is 1. The maximum atomic E-state index is 5.94. The quantitative estimate of drug-likeness (QED) is 0.568. The Morgan fingerprint density at radius 2 is 2.26 bits per heavy atom. The number of rotatable bonds is 3.